The van der Waals surface area contributed by atoms with Gasteiger partial charge in [-0.2, -0.15) is 10.5 Å². The highest BCUT2D eigenvalue weighted by Crippen LogP contribution is 2.47. The first-order chi connectivity index (χ1) is 32.2. The van der Waals surface area contributed by atoms with Gasteiger partial charge in [0.2, 0.25) is 0 Å². The van der Waals surface area contributed by atoms with E-state index in [2.05, 4.69) is 48.3 Å². The lowest BCUT2D eigenvalue weighted by molar-refractivity contribution is -0.159. The number of ether oxygens (including phenoxy) is 5. The van der Waals surface area contributed by atoms with Crippen LogP contribution in [0, 0.1) is 58.4 Å². The summed E-state index contributed by atoms with van der Waals surface area (Å²) < 4.78 is 31.4. The molecule has 2 aromatic heterocycles. The quantitative estimate of drug-likeness (QED) is 0.0703. The molecule has 0 spiro atoms. The molecule has 2 unspecified atom stereocenters. The summed E-state index contributed by atoms with van der Waals surface area (Å²) >= 11 is 0. The Hall–Kier alpha value is -5.28. The second-order valence-electron chi connectivity index (χ2n) is 19.1. The topological polar surface area (TPSA) is 186 Å². The minimum atomic E-state index is -0.841. The fourth-order valence-electron chi connectivity index (χ4n) is 11.9. The maximum absolute atomic E-state index is 14.3. The van der Waals surface area contributed by atoms with Gasteiger partial charge in [0.25, 0.3) is 0 Å². The van der Waals surface area contributed by atoms with Crippen molar-refractivity contribution in [3.63, 3.8) is 0 Å². The second-order valence-corrected chi connectivity index (χ2v) is 19.1. The molecule has 4 aliphatic rings. The molecule has 10 atom stereocenters. The number of carbonyl (C=O) groups is 2. The van der Waals surface area contributed by atoms with Crippen molar-refractivity contribution in [3.8, 4) is 18.1 Å². The summed E-state index contributed by atoms with van der Waals surface area (Å²) in [5.74, 6) is -1.97. The average molecular weight is 905 g/mol. The van der Waals surface area contributed by atoms with E-state index in [1.807, 2.05) is 35.2 Å². The van der Waals surface area contributed by atoms with Crippen LogP contribution < -0.4 is 4.74 Å². The van der Waals surface area contributed by atoms with E-state index in [0.717, 1.165) is 76.4 Å². The van der Waals surface area contributed by atoms with E-state index in [-0.39, 0.29) is 35.7 Å². The molecule has 66 heavy (non-hydrogen) atoms. The molecular formula is C52H68N6O8. The minimum absolute atomic E-state index is 0.00414. The number of unbranched alkanes of at least 4 members (excludes halogenated alkanes) is 2. The number of rotatable bonds is 12. The number of aliphatic hydroxyl groups excluding tert-OH is 1. The minimum Gasteiger partial charge on any atom is -0.490 e. The first-order valence-corrected chi connectivity index (χ1v) is 24.5. The first kappa shape index (κ1) is 47.2. The van der Waals surface area contributed by atoms with Crippen LogP contribution in [0.2, 0.25) is 0 Å². The molecule has 4 heterocycles. The van der Waals surface area contributed by atoms with Crippen LogP contribution >= 0.6 is 0 Å². The molecule has 14 nitrogen and oxygen atoms in total. The average Bonchev–Trinajstić information content (AvgIpc) is 3.89. The lowest BCUT2D eigenvalue weighted by atomic mass is 9.67. The molecule has 354 valence electrons. The first-order valence-electron chi connectivity index (χ1n) is 24.5. The number of nitriles is 2. The van der Waals surface area contributed by atoms with Crippen molar-refractivity contribution in [2.75, 3.05) is 53.6 Å². The van der Waals surface area contributed by atoms with Gasteiger partial charge in [-0.05, 0) is 123 Å². The Morgan fingerprint density at radius 1 is 0.727 bits per heavy atom. The van der Waals surface area contributed by atoms with Gasteiger partial charge in [0.15, 0.2) is 12.4 Å². The highest BCUT2D eigenvalue weighted by molar-refractivity contribution is 5.87. The molecule has 2 aliphatic carbocycles. The van der Waals surface area contributed by atoms with Crippen LogP contribution in [0.15, 0.2) is 42.5 Å². The number of aromatic amines is 2. The normalized spacial score (nSPS) is 28.2. The van der Waals surface area contributed by atoms with Gasteiger partial charge < -0.3 is 48.6 Å². The van der Waals surface area contributed by atoms with Gasteiger partial charge in [0, 0.05) is 72.6 Å². The van der Waals surface area contributed by atoms with Gasteiger partial charge in [-0.3, -0.25) is 9.59 Å². The van der Waals surface area contributed by atoms with Crippen LogP contribution in [0.3, 0.4) is 0 Å². The molecule has 2 aromatic carbocycles. The van der Waals surface area contributed by atoms with E-state index < -0.39 is 36.1 Å². The zero-order valence-corrected chi connectivity index (χ0v) is 39.1. The fourth-order valence-corrected chi connectivity index (χ4v) is 11.9. The fraction of sp³-hybridized carbons (Fsp3) is 0.615. The highest BCUT2D eigenvalue weighted by atomic mass is 16.5. The summed E-state index contributed by atoms with van der Waals surface area (Å²) in [6.07, 6.45) is 11.4. The summed E-state index contributed by atoms with van der Waals surface area (Å²) in [5.41, 5.74) is 6.01. The van der Waals surface area contributed by atoms with E-state index in [1.54, 1.807) is 4.90 Å². The molecule has 0 bridgehead atoms. The number of H-pyrrole nitrogens is 2. The third-order valence-corrected chi connectivity index (χ3v) is 15.3. The SMILES string of the molecule is CCCCO[C@H]1CC2[C@@H](CC[C@H](O)[C@@H]2C(=O)OC)CN(C#N)CCc2c1[nH]c1ccc(O[C@H]3CC[C@H]4CN(C#N)CCc5c([nH]c6ccccc56)[C@H](OCCCC)CC4[C@H]3C(=O)OC)cc21. The second kappa shape index (κ2) is 21.6. The third-order valence-electron chi connectivity index (χ3n) is 15.3. The Morgan fingerprint density at radius 2 is 1.27 bits per heavy atom. The van der Waals surface area contributed by atoms with Gasteiger partial charge in [0.1, 0.15) is 11.9 Å². The van der Waals surface area contributed by atoms with Crippen molar-refractivity contribution in [2.24, 2.45) is 35.5 Å². The number of nitrogens with one attached hydrogen (secondary N) is 2. The van der Waals surface area contributed by atoms with Gasteiger partial charge >= 0.3 is 11.9 Å². The van der Waals surface area contributed by atoms with Crippen molar-refractivity contribution in [3.05, 3.63) is 65.0 Å². The molecule has 2 saturated carbocycles. The Labute approximate surface area is 388 Å². The van der Waals surface area contributed by atoms with Crippen molar-refractivity contribution >= 4 is 33.7 Å². The van der Waals surface area contributed by atoms with E-state index in [1.165, 1.54) is 14.2 Å². The van der Waals surface area contributed by atoms with Gasteiger partial charge in [-0.15, -0.1) is 0 Å². The smallest absolute Gasteiger partial charge is 0.312 e. The van der Waals surface area contributed by atoms with Crippen LogP contribution in [0.1, 0.15) is 113 Å². The summed E-state index contributed by atoms with van der Waals surface area (Å²) in [5, 5.41) is 34.1. The predicted molar refractivity (Wildman–Crippen MR) is 249 cm³/mol. The van der Waals surface area contributed by atoms with E-state index >= 15 is 0 Å². The molecule has 0 saturated heterocycles. The maximum atomic E-state index is 14.3. The van der Waals surface area contributed by atoms with Crippen LogP contribution in [-0.4, -0.2) is 103 Å². The number of hydrogen-bond donors (Lipinski definition) is 3. The monoisotopic (exact) mass is 905 g/mol. The third kappa shape index (κ3) is 9.88. The zero-order valence-electron chi connectivity index (χ0n) is 39.1. The summed E-state index contributed by atoms with van der Waals surface area (Å²) in [7, 11) is 2.81. The molecule has 2 aliphatic heterocycles. The standard InChI is InChI=1S/C52H68N6O8/c1-5-7-23-64-45-26-38-32(13-17-43(59)47(38)51(60)62-3)28-58(31-54)22-20-37-40-25-34(15-16-42(40)56-50(37)45)66-44-18-14-33-29-57(30-53)21-19-36-35-11-9-10-12-41(35)55-49(36)46(65-24-8-6-2)27-39(33)48(44)52(61)63-4/h9-12,15-16,25,32-33,38-39,43-48,55-56,59H,5-8,13-14,17-24,26-29H2,1-4H3/t32-,33-,38?,39?,43-,44-,45-,46+,47+,48+/m0/s1. The lowest BCUT2D eigenvalue weighted by Crippen LogP contribution is -2.49. The van der Waals surface area contributed by atoms with Crippen molar-refractivity contribution in [1.82, 2.24) is 19.8 Å². The predicted octanol–water partition coefficient (Wildman–Crippen LogP) is 8.26. The molecule has 0 radical (unpaired) electrons. The van der Waals surface area contributed by atoms with Gasteiger partial charge in [-0.25, -0.2) is 0 Å². The Bertz CT molecular complexity index is 2380. The molecule has 4 aromatic rings. The van der Waals surface area contributed by atoms with Crippen molar-refractivity contribution in [2.45, 2.75) is 115 Å². The molecule has 0 amide bonds. The largest absolute Gasteiger partial charge is 0.490 e. The van der Waals surface area contributed by atoms with Gasteiger partial charge in [0.05, 0.1) is 44.4 Å². The summed E-state index contributed by atoms with van der Waals surface area (Å²) in [6, 6.07) is 14.3. The zero-order chi connectivity index (χ0) is 46.3. The number of esters is 2. The summed E-state index contributed by atoms with van der Waals surface area (Å²) in [4.78, 5) is 38.6. The molecular weight excluding hydrogens is 837 g/mol. The van der Waals surface area contributed by atoms with E-state index in [0.29, 0.717) is 90.1 Å². The Kier molecular flexibility index (Phi) is 15.4. The van der Waals surface area contributed by atoms with E-state index in [9.17, 15) is 25.2 Å². The number of hydrogen-bond acceptors (Lipinski definition) is 12. The number of aliphatic hydroxyl groups is 1. The molecule has 3 N–H and O–H groups in total. The number of methoxy groups -OCH3 is 2. The van der Waals surface area contributed by atoms with Crippen molar-refractivity contribution < 1.29 is 38.4 Å². The molecule has 14 heteroatoms. The van der Waals surface area contributed by atoms with Crippen LogP contribution in [0.5, 0.6) is 5.75 Å². The van der Waals surface area contributed by atoms with Crippen LogP contribution in [0.25, 0.3) is 21.8 Å². The number of benzene rings is 2. The number of para-hydroxylation sites is 1. The maximum Gasteiger partial charge on any atom is 0.312 e. The number of nitrogens with zero attached hydrogens (tertiary/aromatic N) is 4. The summed E-state index contributed by atoms with van der Waals surface area (Å²) in [6.45, 7) is 7.44. The Balaban J connectivity index is 1.15. The number of aromatic nitrogens is 2. The van der Waals surface area contributed by atoms with Crippen LogP contribution in [-0.2, 0) is 41.4 Å². The molecule has 8 rings (SSSR count). The molecule has 2 fully saturated rings. The number of fused-ring (bicyclic) bond motifs is 8. The van der Waals surface area contributed by atoms with Crippen LogP contribution in [0.4, 0.5) is 0 Å². The number of carbonyl (C=O) groups excluding carboxylic acids is 2. The van der Waals surface area contributed by atoms with Gasteiger partial charge in [-0.1, -0.05) is 44.9 Å². The van der Waals surface area contributed by atoms with Crippen molar-refractivity contribution in [1.29, 1.82) is 10.5 Å². The highest BCUT2D eigenvalue weighted by Gasteiger charge is 2.49. The van der Waals surface area contributed by atoms with E-state index in [4.69, 9.17) is 23.7 Å². The lowest BCUT2D eigenvalue weighted by Gasteiger charge is -2.44. The Morgan fingerprint density at radius 3 is 1.86 bits per heavy atom.